The fourth-order valence-electron chi connectivity index (χ4n) is 2.06. The van der Waals surface area contributed by atoms with Gasteiger partial charge in [0, 0.05) is 11.1 Å². The lowest BCUT2D eigenvalue weighted by Gasteiger charge is -2.11. The van der Waals surface area contributed by atoms with Crippen molar-refractivity contribution in [3.63, 3.8) is 0 Å². The number of rotatable bonds is 4. The maximum Gasteiger partial charge on any atom is 0.471 e. The Hall–Kier alpha value is -2.39. The van der Waals surface area contributed by atoms with Crippen molar-refractivity contribution in [3.8, 4) is 11.4 Å². The van der Waals surface area contributed by atoms with Crippen LogP contribution in [0.5, 0.6) is 0 Å². The molecule has 130 valence electrons. The molecule has 0 N–H and O–H groups in total. The molecule has 1 aromatic heterocycles. The van der Waals surface area contributed by atoms with Crippen LogP contribution in [0.3, 0.4) is 0 Å². The average Bonchev–Trinajstić information content (AvgIpc) is 3.08. The quantitative estimate of drug-likeness (QED) is 0.510. The van der Waals surface area contributed by atoms with Crippen LogP contribution in [0.4, 0.5) is 17.6 Å². The standard InChI is InChI=1S/C16H10F4N2O2S/c17-13-8-10(14-21-15(24-22-14)16(18,19)20)6-7-11(13)9-25(23)12-4-2-1-3-5-12/h1-8H,9H2. The minimum atomic E-state index is -4.77. The maximum absolute atomic E-state index is 14.2. The predicted octanol–water partition coefficient (Wildman–Crippen LogP) is 4.20. The molecule has 0 radical (unpaired) electrons. The van der Waals surface area contributed by atoms with Crippen LogP contribution in [0.2, 0.25) is 0 Å². The molecule has 0 fully saturated rings. The molecule has 0 bridgehead atoms. The first-order valence-corrected chi connectivity index (χ1v) is 8.29. The molecule has 1 atom stereocenters. The van der Waals surface area contributed by atoms with Crippen LogP contribution in [0, 0.1) is 5.82 Å². The van der Waals surface area contributed by atoms with Gasteiger partial charge in [-0.1, -0.05) is 35.5 Å². The Kier molecular flexibility index (Phi) is 4.78. The highest BCUT2D eigenvalue weighted by molar-refractivity contribution is 7.90. The van der Waals surface area contributed by atoms with E-state index in [1.807, 2.05) is 0 Å². The van der Waals surface area contributed by atoms with E-state index in [1.54, 1.807) is 30.3 Å². The summed E-state index contributed by atoms with van der Waals surface area (Å²) >= 11 is -1.44. The third-order valence-corrected chi connectivity index (χ3v) is 4.64. The summed E-state index contributed by atoms with van der Waals surface area (Å²) in [5.41, 5.74) is 0.205. The minimum absolute atomic E-state index is 0.0333. The van der Waals surface area contributed by atoms with E-state index in [0.717, 1.165) is 6.07 Å². The summed E-state index contributed by atoms with van der Waals surface area (Å²) in [5, 5.41) is 3.20. The molecule has 3 aromatic rings. The highest BCUT2D eigenvalue weighted by Crippen LogP contribution is 2.30. The number of nitrogens with zero attached hydrogens (tertiary/aromatic N) is 2. The van der Waals surface area contributed by atoms with Crippen molar-refractivity contribution < 1.29 is 26.6 Å². The summed E-state index contributed by atoms with van der Waals surface area (Å²) in [4.78, 5) is 3.76. The number of alkyl halides is 3. The van der Waals surface area contributed by atoms with Gasteiger partial charge in [-0.25, -0.2) is 4.39 Å². The third-order valence-electron chi connectivity index (χ3n) is 3.27. The number of aromatic nitrogens is 2. The molecule has 9 heteroatoms. The lowest BCUT2D eigenvalue weighted by molar-refractivity contribution is -0.159. The van der Waals surface area contributed by atoms with Gasteiger partial charge in [0.15, 0.2) is 4.90 Å². The number of benzene rings is 2. The first kappa shape index (κ1) is 17.4. The minimum Gasteiger partial charge on any atom is -0.611 e. The molecule has 0 amide bonds. The molecule has 0 aliphatic heterocycles. The average molecular weight is 370 g/mol. The van der Waals surface area contributed by atoms with Gasteiger partial charge in [-0.3, -0.25) is 0 Å². The Bertz CT molecular complexity index is 868. The molecule has 1 unspecified atom stereocenters. The number of halogens is 4. The molecule has 4 nitrogen and oxygen atoms in total. The molecule has 0 aliphatic rings. The Labute approximate surface area is 142 Å². The molecule has 2 aromatic carbocycles. The molecule has 0 saturated carbocycles. The van der Waals surface area contributed by atoms with E-state index in [1.165, 1.54) is 12.1 Å². The van der Waals surface area contributed by atoms with E-state index in [-0.39, 0.29) is 22.7 Å². The van der Waals surface area contributed by atoms with Crippen molar-refractivity contribution in [2.75, 3.05) is 0 Å². The summed E-state index contributed by atoms with van der Waals surface area (Å²) in [6.07, 6.45) is -4.77. The van der Waals surface area contributed by atoms with E-state index in [0.29, 0.717) is 4.90 Å². The van der Waals surface area contributed by atoms with Crippen molar-refractivity contribution in [2.45, 2.75) is 16.8 Å². The fourth-order valence-corrected chi connectivity index (χ4v) is 3.20. The topological polar surface area (TPSA) is 62.0 Å². The van der Waals surface area contributed by atoms with Crippen LogP contribution in [0.25, 0.3) is 11.4 Å². The lowest BCUT2D eigenvalue weighted by atomic mass is 10.1. The van der Waals surface area contributed by atoms with Gasteiger partial charge < -0.3 is 9.08 Å². The zero-order valence-electron chi connectivity index (χ0n) is 12.5. The van der Waals surface area contributed by atoms with Crippen molar-refractivity contribution in [1.29, 1.82) is 0 Å². The first-order valence-electron chi connectivity index (χ1n) is 6.98. The largest absolute Gasteiger partial charge is 0.611 e. The van der Waals surface area contributed by atoms with Crippen molar-refractivity contribution in [2.24, 2.45) is 0 Å². The van der Waals surface area contributed by atoms with Gasteiger partial charge in [0.2, 0.25) is 5.82 Å². The molecule has 25 heavy (non-hydrogen) atoms. The smallest absolute Gasteiger partial charge is 0.471 e. The Morgan fingerprint density at radius 1 is 1.08 bits per heavy atom. The summed E-state index contributed by atoms with van der Waals surface area (Å²) in [6.45, 7) is 0. The highest BCUT2D eigenvalue weighted by atomic mass is 32.2. The van der Waals surface area contributed by atoms with Gasteiger partial charge in [0.25, 0.3) is 0 Å². The van der Waals surface area contributed by atoms with E-state index in [4.69, 9.17) is 0 Å². The third kappa shape index (κ3) is 3.99. The maximum atomic E-state index is 14.2. The van der Waals surface area contributed by atoms with Crippen LogP contribution in [0.1, 0.15) is 11.5 Å². The molecular formula is C16H10F4N2O2S. The SMILES string of the molecule is [O-][S+](Cc1ccc(-c2noc(C(F)(F)F)n2)cc1F)c1ccccc1. The number of hydrogen-bond acceptors (Lipinski definition) is 4. The second kappa shape index (κ2) is 6.85. The van der Waals surface area contributed by atoms with Gasteiger partial charge in [-0.2, -0.15) is 18.2 Å². The molecule has 0 spiro atoms. The van der Waals surface area contributed by atoms with Gasteiger partial charge in [-0.05, 0) is 29.4 Å². The Morgan fingerprint density at radius 3 is 2.40 bits per heavy atom. The van der Waals surface area contributed by atoms with Gasteiger partial charge in [-0.15, -0.1) is 0 Å². The van der Waals surface area contributed by atoms with E-state index >= 15 is 0 Å². The molecule has 1 heterocycles. The molecule has 3 rings (SSSR count). The molecular weight excluding hydrogens is 360 g/mol. The zero-order chi connectivity index (χ0) is 18.0. The summed E-state index contributed by atoms with van der Waals surface area (Å²) in [5.74, 6) is -2.64. The van der Waals surface area contributed by atoms with Crippen LogP contribution < -0.4 is 0 Å². The Morgan fingerprint density at radius 2 is 1.80 bits per heavy atom. The van der Waals surface area contributed by atoms with Gasteiger partial charge in [0.05, 0.1) is 0 Å². The normalized spacial score (nSPS) is 13.0. The predicted molar refractivity (Wildman–Crippen MR) is 81.2 cm³/mol. The monoisotopic (exact) mass is 370 g/mol. The summed E-state index contributed by atoms with van der Waals surface area (Å²) in [6, 6.07) is 12.2. The summed E-state index contributed by atoms with van der Waals surface area (Å²) in [7, 11) is 0. The molecule has 0 saturated heterocycles. The van der Waals surface area contributed by atoms with E-state index in [2.05, 4.69) is 14.7 Å². The zero-order valence-corrected chi connectivity index (χ0v) is 13.3. The second-order valence-electron chi connectivity index (χ2n) is 5.03. The van der Waals surface area contributed by atoms with E-state index < -0.39 is 29.1 Å². The Balaban J connectivity index is 1.80. The highest BCUT2D eigenvalue weighted by Gasteiger charge is 2.38. The number of hydrogen-bond donors (Lipinski definition) is 0. The van der Waals surface area contributed by atoms with Crippen LogP contribution in [-0.2, 0) is 23.1 Å². The first-order chi connectivity index (χ1) is 11.8. The lowest BCUT2D eigenvalue weighted by Crippen LogP contribution is -2.06. The van der Waals surface area contributed by atoms with Crippen LogP contribution >= 0.6 is 0 Å². The van der Waals surface area contributed by atoms with Crippen molar-refractivity contribution >= 4 is 11.2 Å². The molecule has 0 aliphatic carbocycles. The fraction of sp³-hybridized carbons (Fsp3) is 0.125. The van der Waals surface area contributed by atoms with Gasteiger partial charge in [0.1, 0.15) is 11.6 Å². The summed E-state index contributed by atoms with van der Waals surface area (Å²) < 4.78 is 67.9. The second-order valence-corrected chi connectivity index (χ2v) is 6.48. The van der Waals surface area contributed by atoms with Crippen molar-refractivity contribution in [1.82, 2.24) is 10.1 Å². The van der Waals surface area contributed by atoms with Crippen molar-refractivity contribution in [3.05, 3.63) is 65.8 Å². The van der Waals surface area contributed by atoms with Crippen LogP contribution in [-0.4, -0.2) is 14.7 Å². The van der Waals surface area contributed by atoms with E-state index in [9.17, 15) is 22.1 Å². The van der Waals surface area contributed by atoms with Crippen LogP contribution in [0.15, 0.2) is 57.9 Å². The van der Waals surface area contributed by atoms with Gasteiger partial charge >= 0.3 is 12.1 Å².